The fraction of sp³-hybridized carbons (Fsp3) is 0.304. The zero-order valence-corrected chi connectivity index (χ0v) is 17.5. The van der Waals surface area contributed by atoms with Crippen molar-refractivity contribution in [1.29, 1.82) is 0 Å². The summed E-state index contributed by atoms with van der Waals surface area (Å²) >= 11 is 0. The van der Waals surface area contributed by atoms with E-state index in [1.165, 1.54) is 29.2 Å². The van der Waals surface area contributed by atoms with Gasteiger partial charge >= 0.3 is 0 Å². The van der Waals surface area contributed by atoms with E-state index < -0.39 is 17.7 Å². The van der Waals surface area contributed by atoms with Crippen molar-refractivity contribution in [2.24, 2.45) is 0 Å². The predicted molar refractivity (Wildman–Crippen MR) is 113 cm³/mol. The molecular formula is C23H23F3N4O2. The van der Waals surface area contributed by atoms with Gasteiger partial charge in [0.25, 0.3) is 0 Å². The first-order valence-electron chi connectivity index (χ1n) is 10.3. The Morgan fingerprint density at radius 3 is 2.81 bits per heavy atom. The molecule has 0 radical (unpaired) electrons. The lowest BCUT2D eigenvalue weighted by Crippen LogP contribution is -2.56. The van der Waals surface area contributed by atoms with E-state index in [1.807, 2.05) is 0 Å². The van der Waals surface area contributed by atoms with Gasteiger partial charge in [0.15, 0.2) is 11.6 Å². The summed E-state index contributed by atoms with van der Waals surface area (Å²) < 4.78 is 41.1. The van der Waals surface area contributed by atoms with Crippen molar-refractivity contribution < 1.29 is 22.8 Å². The van der Waals surface area contributed by atoms with E-state index in [0.717, 1.165) is 17.3 Å². The molecule has 0 saturated carbocycles. The SMILES string of the molecule is CN(Cc1cc2cc(F)ccc2[nH]1)C(=O)CC1C(=O)NCCN1Cc1cccc(F)c1F. The molecule has 4 rings (SSSR count). The minimum absolute atomic E-state index is 0.0201. The Morgan fingerprint density at radius 1 is 1.19 bits per heavy atom. The Hall–Kier alpha value is -3.33. The molecule has 0 spiro atoms. The molecule has 1 saturated heterocycles. The number of piperazine rings is 1. The summed E-state index contributed by atoms with van der Waals surface area (Å²) in [6.45, 7) is 1.05. The van der Waals surface area contributed by atoms with Gasteiger partial charge in [0.05, 0.1) is 19.0 Å². The smallest absolute Gasteiger partial charge is 0.237 e. The van der Waals surface area contributed by atoms with Crippen molar-refractivity contribution in [3.8, 4) is 0 Å². The number of aromatic amines is 1. The molecule has 168 valence electrons. The summed E-state index contributed by atoms with van der Waals surface area (Å²) in [5.41, 5.74) is 1.63. The normalized spacial score (nSPS) is 16.9. The summed E-state index contributed by atoms with van der Waals surface area (Å²) in [6.07, 6.45) is -0.103. The summed E-state index contributed by atoms with van der Waals surface area (Å²) in [6, 6.07) is 9.30. The van der Waals surface area contributed by atoms with E-state index in [-0.39, 0.29) is 42.7 Å². The third-order valence-corrected chi connectivity index (χ3v) is 5.69. The molecule has 2 heterocycles. The number of nitrogens with one attached hydrogen (secondary N) is 2. The second-order valence-corrected chi connectivity index (χ2v) is 7.97. The molecule has 2 amide bonds. The van der Waals surface area contributed by atoms with E-state index >= 15 is 0 Å². The van der Waals surface area contributed by atoms with Crippen LogP contribution in [0.25, 0.3) is 10.9 Å². The van der Waals surface area contributed by atoms with Crippen LogP contribution < -0.4 is 5.32 Å². The number of nitrogens with zero attached hydrogens (tertiary/aromatic N) is 2. The van der Waals surface area contributed by atoms with E-state index in [1.54, 1.807) is 24.1 Å². The molecule has 1 fully saturated rings. The summed E-state index contributed by atoms with van der Waals surface area (Å²) in [5, 5.41) is 3.43. The first-order valence-corrected chi connectivity index (χ1v) is 10.3. The van der Waals surface area contributed by atoms with Crippen molar-refractivity contribution in [2.75, 3.05) is 20.1 Å². The van der Waals surface area contributed by atoms with Gasteiger partial charge in [0.2, 0.25) is 11.8 Å². The Morgan fingerprint density at radius 2 is 2.00 bits per heavy atom. The van der Waals surface area contributed by atoms with Gasteiger partial charge in [0, 0.05) is 48.8 Å². The lowest BCUT2D eigenvalue weighted by molar-refractivity contribution is -0.138. The third kappa shape index (κ3) is 4.62. The summed E-state index contributed by atoms with van der Waals surface area (Å²) in [4.78, 5) is 31.7. The molecule has 1 aliphatic heterocycles. The van der Waals surface area contributed by atoms with Crippen LogP contribution in [0.1, 0.15) is 17.7 Å². The molecule has 1 atom stereocenters. The van der Waals surface area contributed by atoms with Gasteiger partial charge in [-0.1, -0.05) is 12.1 Å². The van der Waals surface area contributed by atoms with Crippen molar-refractivity contribution in [3.63, 3.8) is 0 Å². The van der Waals surface area contributed by atoms with Gasteiger partial charge in [0.1, 0.15) is 5.82 Å². The maximum absolute atomic E-state index is 14.1. The number of amides is 2. The molecule has 1 aliphatic rings. The Bertz CT molecular complexity index is 1160. The van der Waals surface area contributed by atoms with E-state index in [9.17, 15) is 22.8 Å². The Kier molecular flexibility index (Phi) is 6.18. The Balaban J connectivity index is 1.45. The zero-order valence-electron chi connectivity index (χ0n) is 17.5. The van der Waals surface area contributed by atoms with Crippen molar-refractivity contribution in [2.45, 2.75) is 25.6 Å². The highest BCUT2D eigenvalue weighted by molar-refractivity contribution is 5.89. The highest BCUT2D eigenvalue weighted by Gasteiger charge is 2.33. The largest absolute Gasteiger partial charge is 0.357 e. The van der Waals surface area contributed by atoms with Gasteiger partial charge in [-0.05, 0) is 30.3 Å². The predicted octanol–water partition coefficient (Wildman–Crippen LogP) is 2.93. The van der Waals surface area contributed by atoms with Gasteiger partial charge in [-0.15, -0.1) is 0 Å². The van der Waals surface area contributed by atoms with Crippen LogP contribution in [0.15, 0.2) is 42.5 Å². The number of rotatable bonds is 6. The van der Waals surface area contributed by atoms with Crippen LogP contribution in [0.5, 0.6) is 0 Å². The van der Waals surface area contributed by atoms with Gasteiger partial charge in [-0.3, -0.25) is 14.5 Å². The van der Waals surface area contributed by atoms with E-state index in [4.69, 9.17) is 0 Å². The van der Waals surface area contributed by atoms with Crippen LogP contribution in [0.3, 0.4) is 0 Å². The first kappa shape index (κ1) is 21.9. The third-order valence-electron chi connectivity index (χ3n) is 5.69. The number of aromatic nitrogens is 1. The van der Waals surface area contributed by atoms with Gasteiger partial charge in [-0.2, -0.15) is 0 Å². The van der Waals surface area contributed by atoms with Crippen LogP contribution >= 0.6 is 0 Å². The second kappa shape index (κ2) is 9.04. The number of hydrogen-bond donors (Lipinski definition) is 2. The zero-order chi connectivity index (χ0) is 22.8. The molecule has 0 bridgehead atoms. The van der Waals surface area contributed by atoms with Crippen LogP contribution in [0.2, 0.25) is 0 Å². The van der Waals surface area contributed by atoms with Crippen LogP contribution in [-0.2, 0) is 22.7 Å². The maximum atomic E-state index is 14.1. The molecular weight excluding hydrogens is 421 g/mol. The number of hydrogen-bond acceptors (Lipinski definition) is 3. The van der Waals surface area contributed by atoms with Crippen molar-refractivity contribution in [1.82, 2.24) is 20.1 Å². The monoisotopic (exact) mass is 444 g/mol. The lowest BCUT2D eigenvalue weighted by Gasteiger charge is -2.35. The average Bonchev–Trinajstić information content (AvgIpc) is 3.14. The molecule has 2 N–H and O–H groups in total. The molecule has 1 aromatic heterocycles. The van der Waals surface area contributed by atoms with Crippen LogP contribution in [0, 0.1) is 17.5 Å². The first-order chi connectivity index (χ1) is 15.3. The molecule has 1 unspecified atom stereocenters. The van der Waals surface area contributed by atoms with Crippen molar-refractivity contribution in [3.05, 3.63) is 71.2 Å². The second-order valence-electron chi connectivity index (χ2n) is 7.97. The molecule has 9 heteroatoms. The number of carbonyl (C=O) groups excluding carboxylic acids is 2. The number of benzene rings is 2. The topological polar surface area (TPSA) is 68.4 Å². The Labute approximate surface area is 183 Å². The highest BCUT2D eigenvalue weighted by Crippen LogP contribution is 2.20. The number of fused-ring (bicyclic) bond motifs is 1. The number of H-pyrrole nitrogens is 1. The van der Waals surface area contributed by atoms with Crippen LogP contribution in [0.4, 0.5) is 13.2 Å². The van der Waals surface area contributed by atoms with Crippen molar-refractivity contribution >= 4 is 22.7 Å². The number of carbonyl (C=O) groups is 2. The minimum Gasteiger partial charge on any atom is -0.357 e. The quantitative estimate of drug-likeness (QED) is 0.615. The minimum atomic E-state index is -0.950. The molecule has 32 heavy (non-hydrogen) atoms. The molecule has 0 aliphatic carbocycles. The molecule has 6 nitrogen and oxygen atoms in total. The molecule has 3 aromatic rings. The standard InChI is InChI=1S/C23H23F3N4O2/c1-29(13-17-10-15-9-16(24)5-6-19(15)28-17)21(31)11-20-23(32)27-7-8-30(20)12-14-3-2-4-18(25)22(14)26/h2-6,9-10,20,28H,7-8,11-13H2,1H3,(H,27,32). The van der Waals surface area contributed by atoms with Gasteiger partial charge in [-0.25, -0.2) is 13.2 Å². The molecule has 2 aromatic carbocycles. The van der Waals surface area contributed by atoms with E-state index in [0.29, 0.717) is 18.5 Å². The van der Waals surface area contributed by atoms with Crippen LogP contribution in [-0.4, -0.2) is 52.8 Å². The lowest BCUT2D eigenvalue weighted by atomic mass is 10.1. The maximum Gasteiger partial charge on any atom is 0.237 e. The fourth-order valence-electron chi connectivity index (χ4n) is 3.98. The highest BCUT2D eigenvalue weighted by atomic mass is 19.2. The average molecular weight is 444 g/mol. The number of halogens is 3. The van der Waals surface area contributed by atoms with Gasteiger partial charge < -0.3 is 15.2 Å². The summed E-state index contributed by atoms with van der Waals surface area (Å²) in [7, 11) is 1.62. The summed E-state index contributed by atoms with van der Waals surface area (Å²) in [5.74, 6) is -2.84. The fourth-order valence-corrected chi connectivity index (χ4v) is 3.98. The van der Waals surface area contributed by atoms with E-state index in [2.05, 4.69) is 10.3 Å².